The van der Waals surface area contributed by atoms with Gasteiger partial charge in [0.1, 0.15) is 5.82 Å². The minimum absolute atomic E-state index is 0. The lowest BCUT2D eigenvalue weighted by atomic mass is 10.2. The Morgan fingerprint density at radius 2 is 1.66 bits per heavy atom. The van der Waals surface area contributed by atoms with E-state index in [2.05, 4.69) is 20.3 Å². The van der Waals surface area contributed by atoms with Crippen molar-refractivity contribution in [3.8, 4) is 0 Å². The Labute approximate surface area is 188 Å². The molecule has 1 aliphatic carbocycles. The molecule has 1 fully saturated rings. The van der Waals surface area contributed by atoms with Gasteiger partial charge in [0.2, 0.25) is 10.0 Å². The Morgan fingerprint density at radius 1 is 1.03 bits per heavy atom. The highest BCUT2D eigenvalue weighted by Gasteiger charge is 2.27. The fourth-order valence-electron chi connectivity index (χ4n) is 2.56. The van der Waals surface area contributed by atoms with Gasteiger partial charge in [-0.25, -0.2) is 22.5 Å². The van der Waals surface area contributed by atoms with Crippen LogP contribution in [0.25, 0.3) is 0 Å². The molecule has 2 aromatic carbocycles. The lowest BCUT2D eigenvalue weighted by molar-refractivity contribution is 0.581. The second-order valence-corrected chi connectivity index (χ2v) is 8.43. The summed E-state index contributed by atoms with van der Waals surface area (Å²) in [5.74, 6) is 0.376. The van der Waals surface area contributed by atoms with Gasteiger partial charge in [-0.15, -0.1) is 24.0 Å². The van der Waals surface area contributed by atoms with Crippen molar-refractivity contribution in [3.63, 3.8) is 0 Å². The van der Waals surface area contributed by atoms with E-state index < -0.39 is 10.0 Å². The highest BCUT2D eigenvalue weighted by Crippen LogP contribution is 2.22. The maximum Gasteiger partial charge on any atom is 0.240 e. The number of nitrogens with zero attached hydrogens (tertiary/aromatic N) is 1. The standard InChI is InChI=1S/C20H25FN4O2S.HI/c1-2-22-20(23-13-15-3-7-17(21)8-4-15)24-14-16-5-11-19(12-6-16)28(26,27)25-18-9-10-18;/h3-8,11-12,18,25H,2,9-10,13-14H2,1H3,(H2,22,23,24);1H. The van der Waals surface area contributed by atoms with Crippen LogP contribution in [0.2, 0.25) is 0 Å². The SMILES string of the molecule is CCNC(=NCc1ccc(S(=O)(=O)NC2CC2)cc1)NCc1ccc(F)cc1.I. The molecule has 3 rings (SSSR count). The summed E-state index contributed by atoms with van der Waals surface area (Å²) in [6, 6.07) is 13.1. The van der Waals surface area contributed by atoms with E-state index in [4.69, 9.17) is 0 Å². The van der Waals surface area contributed by atoms with Crippen LogP contribution in [0.15, 0.2) is 58.4 Å². The van der Waals surface area contributed by atoms with Crippen LogP contribution in [-0.4, -0.2) is 27.0 Å². The summed E-state index contributed by atoms with van der Waals surface area (Å²) < 4.78 is 40.1. The van der Waals surface area contributed by atoms with Gasteiger partial charge < -0.3 is 10.6 Å². The maximum atomic E-state index is 13.0. The predicted molar refractivity (Wildman–Crippen MR) is 123 cm³/mol. The highest BCUT2D eigenvalue weighted by atomic mass is 127. The lowest BCUT2D eigenvalue weighted by Gasteiger charge is -2.11. The summed E-state index contributed by atoms with van der Waals surface area (Å²) in [7, 11) is -3.43. The fraction of sp³-hybridized carbons (Fsp3) is 0.350. The number of benzene rings is 2. The number of hydrogen-bond acceptors (Lipinski definition) is 3. The van der Waals surface area contributed by atoms with E-state index in [1.54, 1.807) is 36.4 Å². The number of hydrogen-bond donors (Lipinski definition) is 3. The van der Waals surface area contributed by atoms with Crippen LogP contribution in [0.5, 0.6) is 0 Å². The van der Waals surface area contributed by atoms with E-state index in [9.17, 15) is 12.8 Å². The molecule has 1 saturated carbocycles. The largest absolute Gasteiger partial charge is 0.357 e. The van der Waals surface area contributed by atoms with Gasteiger partial charge in [0.05, 0.1) is 11.4 Å². The molecule has 0 heterocycles. The molecule has 0 spiro atoms. The predicted octanol–water partition coefficient (Wildman–Crippen LogP) is 3.14. The number of rotatable bonds is 8. The zero-order chi connectivity index (χ0) is 20.0. The van der Waals surface area contributed by atoms with Crippen molar-refractivity contribution in [2.75, 3.05) is 6.54 Å². The molecule has 0 unspecified atom stereocenters. The number of sulfonamides is 1. The van der Waals surface area contributed by atoms with E-state index in [0.29, 0.717) is 25.6 Å². The molecule has 0 aliphatic heterocycles. The third-order valence-corrected chi connectivity index (χ3v) is 5.81. The van der Waals surface area contributed by atoms with Gasteiger partial charge in [0, 0.05) is 19.1 Å². The van der Waals surface area contributed by atoms with Gasteiger partial charge in [-0.3, -0.25) is 0 Å². The Bertz CT molecular complexity index is 915. The first-order chi connectivity index (χ1) is 13.5. The van der Waals surface area contributed by atoms with Crippen molar-refractivity contribution in [1.82, 2.24) is 15.4 Å². The Morgan fingerprint density at radius 3 is 2.24 bits per heavy atom. The van der Waals surface area contributed by atoms with Crippen molar-refractivity contribution in [2.45, 2.75) is 43.8 Å². The third-order valence-electron chi connectivity index (χ3n) is 4.27. The van der Waals surface area contributed by atoms with E-state index in [0.717, 1.165) is 24.0 Å². The maximum absolute atomic E-state index is 13.0. The van der Waals surface area contributed by atoms with Gasteiger partial charge in [-0.1, -0.05) is 24.3 Å². The summed E-state index contributed by atoms with van der Waals surface area (Å²) in [6.45, 7) is 3.62. The molecule has 158 valence electrons. The lowest BCUT2D eigenvalue weighted by Crippen LogP contribution is -2.36. The van der Waals surface area contributed by atoms with Crippen LogP contribution < -0.4 is 15.4 Å². The number of guanidine groups is 1. The van der Waals surface area contributed by atoms with Crippen LogP contribution in [0, 0.1) is 5.82 Å². The van der Waals surface area contributed by atoms with E-state index in [1.807, 2.05) is 6.92 Å². The van der Waals surface area contributed by atoms with Gasteiger partial charge >= 0.3 is 0 Å². The molecule has 0 amide bonds. The molecule has 0 saturated heterocycles. The summed E-state index contributed by atoms with van der Waals surface area (Å²) in [6.07, 6.45) is 1.81. The average molecular weight is 532 g/mol. The minimum atomic E-state index is -3.43. The second-order valence-electron chi connectivity index (χ2n) is 6.71. The number of halogens is 2. The van der Waals surface area contributed by atoms with Crippen LogP contribution in [0.4, 0.5) is 4.39 Å². The van der Waals surface area contributed by atoms with E-state index in [-0.39, 0.29) is 40.7 Å². The first-order valence-corrected chi connectivity index (χ1v) is 10.8. The second kappa shape index (κ2) is 10.9. The summed E-state index contributed by atoms with van der Waals surface area (Å²) in [5.41, 5.74) is 1.86. The van der Waals surface area contributed by atoms with Gasteiger partial charge in [0.15, 0.2) is 5.96 Å². The van der Waals surface area contributed by atoms with Crippen LogP contribution in [-0.2, 0) is 23.1 Å². The smallest absolute Gasteiger partial charge is 0.240 e. The van der Waals surface area contributed by atoms with Crippen molar-refractivity contribution < 1.29 is 12.8 Å². The zero-order valence-electron chi connectivity index (χ0n) is 16.2. The first kappa shape index (κ1) is 23.6. The van der Waals surface area contributed by atoms with Gasteiger partial charge in [0.25, 0.3) is 0 Å². The van der Waals surface area contributed by atoms with Crippen LogP contribution in [0.3, 0.4) is 0 Å². The summed E-state index contributed by atoms with van der Waals surface area (Å²) in [4.78, 5) is 4.79. The number of aliphatic imine (C=N–C) groups is 1. The molecule has 0 radical (unpaired) electrons. The van der Waals surface area contributed by atoms with Crippen molar-refractivity contribution >= 4 is 40.0 Å². The van der Waals surface area contributed by atoms with Crippen molar-refractivity contribution in [1.29, 1.82) is 0 Å². The Kier molecular flexibility index (Phi) is 8.84. The molecule has 2 aromatic rings. The Balaban J connectivity index is 0.00000300. The van der Waals surface area contributed by atoms with E-state index in [1.165, 1.54) is 12.1 Å². The molecule has 6 nitrogen and oxygen atoms in total. The highest BCUT2D eigenvalue weighted by molar-refractivity contribution is 14.0. The number of nitrogens with one attached hydrogen (secondary N) is 3. The summed E-state index contributed by atoms with van der Waals surface area (Å²) in [5, 5.41) is 6.36. The molecule has 0 atom stereocenters. The molecular formula is C20H26FIN4O2S. The third kappa shape index (κ3) is 7.56. The van der Waals surface area contributed by atoms with Crippen LogP contribution in [0.1, 0.15) is 30.9 Å². The van der Waals surface area contributed by atoms with E-state index >= 15 is 0 Å². The fourth-order valence-corrected chi connectivity index (χ4v) is 3.87. The zero-order valence-corrected chi connectivity index (χ0v) is 19.3. The molecule has 29 heavy (non-hydrogen) atoms. The quantitative estimate of drug-likeness (QED) is 0.277. The topological polar surface area (TPSA) is 82.6 Å². The van der Waals surface area contributed by atoms with Gasteiger partial charge in [-0.05, 0) is 55.2 Å². The molecule has 0 bridgehead atoms. The molecule has 9 heteroatoms. The monoisotopic (exact) mass is 532 g/mol. The summed E-state index contributed by atoms with van der Waals surface area (Å²) >= 11 is 0. The van der Waals surface area contributed by atoms with Crippen LogP contribution >= 0.6 is 24.0 Å². The molecular weight excluding hydrogens is 506 g/mol. The van der Waals surface area contributed by atoms with Gasteiger partial charge in [-0.2, -0.15) is 0 Å². The van der Waals surface area contributed by atoms with Crippen molar-refractivity contribution in [3.05, 3.63) is 65.5 Å². The molecule has 1 aliphatic rings. The Hall–Kier alpha value is -1.72. The molecule has 0 aromatic heterocycles. The van der Waals surface area contributed by atoms with Crippen molar-refractivity contribution in [2.24, 2.45) is 4.99 Å². The first-order valence-electron chi connectivity index (χ1n) is 9.34. The normalized spacial score (nSPS) is 14.2. The minimum Gasteiger partial charge on any atom is -0.357 e. The average Bonchev–Trinajstić information content (AvgIpc) is 3.49. The molecule has 3 N–H and O–H groups in total.